The van der Waals surface area contributed by atoms with Crippen molar-refractivity contribution in [1.29, 1.82) is 0 Å². The number of rotatable bonds is 4. The number of carbonyl (C=O) groups is 2. The number of nitrogens with zero attached hydrogens (tertiary/aromatic N) is 1. The van der Waals surface area contributed by atoms with Crippen molar-refractivity contribution in [1.82, 2.24) is 4.81 Å². The van der Waals surface area contributed by atoms with Crippen LogP contribution in [0.2, 0.25) is 6.82 Å². The Morgan fingerprint density at radius 2 is 2.04 bits per heavy atom. The smallest absolute Gasteiger partial charge is 0.376 e. The number of carbonyl (C=O) groups excluding carboxylic acids is 2. The summed E-state index contributed by atoms with van der Waals surface area (Å²) in [5, 5.41) is 11.4. The lowest BCUT2D eigenvalue weighted by Crippen LogP contribution is -2.46. The summed E-state index contributed by atoms with van der Waals surface area (Å²) in [4.78, 5) is 26.6. The van der Waals surface area contributed by atoms with Gasteiger partial charge in [0.2, 0.25) is 5.91 Å². The fourth-order valence-corrected chi connectivity index (χ4v) is 3.45. The molecule has 3 N–H and O–H groups in total. The first-order chi connectivity index (χ1) is 11.5. The van der Waals surface area contributed by atoms with E-state index in [0.29, 0.717) is 17.7 Å². The molecule has 1 aliphatic heterocycles. The first-order valence-electron chi connectivity index (χ1n) is 8.26. The Morgan fingerprint density at radius 1 is 1.29 bits per heavy atom. The number of fused-ring (bicyclic) bond motifs is 1. The van der Waals surface area contributed by atoms with E-state index in [9.17, 15) is 14.6 Å². The summed E-state index contributed by atoms with van der Waals surface area (Å²) in [5.74, 6) is -0.695. The van der Waals surface area contributed by atoms with Crippen molar-refractivity contribution in [3.05, 3.63) is 47.5 Å². The third kappa shape index (κ3) is 3.20. The average Bonchev–Trinajstić information content (AvgIpc) is 2.60. The molecule has 1 amide bonds. The van der Waals surface area contributed by atoms with E-state index < -0.39 is 13.0 Å². The minimum atomic E-state index is -0.557. The Morgan fingerprint density at radius 3 is 2.75 bits per heavy atom. The number of nitrogens with two attached hydrogens (primary N) is 1. The quantitative estimate of drug-likeness (QED) is 0.665. The van der Waals surface area contributed by atoms with Crippen molar-refractivity contribution in [2.75, 3.05) is 13.1 Å². The second kappa shape index (κ2) is 6.75. The van der Waals surface area contributed by atoms with Crippen molar-refractivity contribution in [3.63, 3.8) is 0 Å². The van der Waals surface area contributed by atoms with E-state index in [1.165, 1.54) is 0 Å². The molecule has 6 heteroatoms. The van der Waals surface area contributed by atoms with Gasteiger partial charge in [0, 0.05) is 17.0 Å². The van der Waals surface area contributed by atoms with Crippen LogP contribution in [-0.2, 0) is 0 Å². The van der Waals surface area contributed by atoms with Gasteiger partial charge in [0.15, 0.2) is 5.78 Å². The van der Waals surface area contributed by atoms with E-state index in [-0.39, 0.29) is 11.7 Å². The van der Waals surface area contributed by atoms with Crippen LogP contribution < -0.4 is 5.73 Å². The maximum absolute atomic E-state index is 12.9. The summed E-state index contributed by atoms with van der Waals surface area (Å²) in [6, 6.07) is 10.9. The van der Waals surface area contributed by atoms with E-state index in [1.54, 1.807) is 12.9 Å². The molecular formula is C18H21BN2O3. The number of benzene rings is 2. The molecule has 0 spiro atoms. The van der Waals surface area contributed by atoms with Crippen LogP contribution in [0.5, 0.6) is 0 Å². The molecule has 1 unspecified atom stereocenters. The third-order valence-electron chi connectivity index (χ3n) is 4.76. The maximum atomic E-state index is 12.9. The molecule has 0 radical (unpaired) electrons. The SMILES string of the molecule is CB(O)N1CCCC(C(=O)c2cc(C(N)=O)c3ccccc3c2)C1. The van der Waals surface area contributed by atoms with E-state index in [0.717, 1.165) is 30.2 Å². The molecule has 24 heavy (non-hydrogen) atoms. The van der Waals surface area contributed by atoms with Crippen LogP contribution in [0, 0.1) is 5.92 Å². The molecular weight excluding hydrogens is 303 g/mol. The molecule has 5 nitrogen and oxygen atoms in total. The number of ketones is 1. The van der Waals surface area contributed by atoms with Crippen LogP contribution in [-0.4, -0.2) is 41.7 Å². The number of hydrogen-bond acceptors (Lipinski definition) is 4. The average molecular weight is 324 g/mol. The van der Waals surface area contributed by atoms with Gasteiger partial charge in [-0.2, -0.15) is 0 Å². The molecule has 0 aliphatic carbocycles. The summed E-state index contributed by atoms with van der Waals surface area (Å²) in [7, 11) is -0.557. The number of primary amides is 1. The van der Waals surface area contributed by atoms with E-state index in [2.05, 4.69) is 0 Å². The largest absolute Gasteiger partial charge is 0.437 e. The zero-order valence-corrected chi connectivity index (χ0v) is 13.7. The molecule has 1 atom stereocenters. The predicted octanol–water partition coefficient (Wildman–Crippen LogP) is 1.94. The molecule has 1 saturated heterocycles. The zero-order chi connectivity index (χ0) is 17.3. The second-order valence-electron chi connectivity index (χ2n) is 6.44. The summed E-state index contributed by atoms with van der Waals surface area (Å²) >= 11 is 0. The lowest BCUT2D eigenvalue weighted by Gasteiger charge is -2.32. The molecule has 1 aliphatic rings. The van der Waals surface area contributed by atoms with Crippen molar-refractivity contribution in [3.8, 4) is 0 Å². The van der Waals surface area contributed by atoms with Crippen LogP contribution in [0.3, 0.4) is 0 Å². The highest BCUT2D eigenvalue weighted by Crippen LogP contribution is 2.26. The van der Waals surface area contributed by atoms with E-state index in [1.807, 2.05) is 35.1 Å². The molecule has 0 aromatic heterocycles. The Balaban J connectivity index is 1.96. The summed E-state index contributed by atoms with van der Waals surface area (Å²) in [5.41, 5.74) is 6.39. The fraction of sp³-hybridized carbons (Fsp3) is 0.333. The predicted molar refractivity (Wildman–Crippen MR) is 94.9 cm³/mol. The Bertz CT molecular complexity index is 791. The third-order valence-corrected chi connectivity index (χ3v) is 4.76. The van der Waals surface area contributed by atoms with Gasteiger partial charge < -0.3 is 15.6 Å². The minimum absolute atomic E-state index is 0.00797. The number of hydrogen-bond donors (Lipinski definition) is 2. The van der Waals surface area contributed by atoms with Gasteiger partial charge in [-0.25, -0.2) is 0 Å². The van der Waals surface area contributed by atoms with Gasteiger partial charge in [0.05, 0.1) is 0 Å². The van der Waals surface area contributed by atoms with Gasteiger partial charge in [-0.1, -0.05) is 24.3 Å². The van der Waals surface area contributed by atoms with Gasteiger partial charge >= 0.3 is 7.05 Å². The Hall–Kier alpha value is -2.18. The minimum Gasteiger partial charge on any atom is -0.437 e. The van der Waals surface area contributed by atoms with Gasteiger partial charge in [0.1, 0.15) is 0 Å². The van der Waals surface area contributed by atoms with Crippen LogP contribution in [0.4, 0.5) is 0 Å². The summed E-state index contributed by atoms with van der Waals surface area (Å²) < 4.78 is 0. The first kappa shape index (κ1) is 16.7. The molecule has 3 rings (SSSR count). The first-order valence-corrected chi connectivity index (χ1v) is 8.26. The highest BCUT2D eigenvalue weighted by molar-refractivity contribution is 6.45. The highest BCUT2D eigenvalue weighted by Gasteiger charge is 2.30. The van der Waals surface area contributed by atoms with Crippen LogP contribution in [0.1, 0.15) is 33.6 Å². The molecule has 0 bridgehead atoms. The Labute approximate surface area is 141 Å². The van der Waals surface area contributed by atoms with Gasteiger partial charge in [-0.05, 0) is 55.7 Å². The second-order valence-corrected chi connectivity index (χ2v) is 6.44. The Kier molecular flexibility index (Phi) is 4.69. The number of amides is 1. The lowest BCUT2D eigenvalue weighted by atomic mass is 9.79. The van der Waals surface area contributed by atoms with Crippen molar-refractivity contribution in [2.24, 2.45) is 11.7 Å². The lowest BCUT2D eigenvalue weighted by molar-refractivity contribution is 0.0864. The van der Waals surface area contributed by atoms with Crippen molar-refractivity contribution < 1.29 is 14.6 Å². The van der Waals surface area contributed by atoms with Gasteiger partial charge in [-0.3, -0.25) is 9.59 Å². The summed E-state index contributed by atoms with van der Waals surface area (Å²) in [6.45, 7) is 3.05. The van der Waals surface area contributed by atoms with Gasteiger partial charge in [0.25, 0.3) is 0 Å². The monoisotopic (exact) mass is 324 g/mol. The number of Topliss-reactive ketones (excluding diaryl/α,β-unsaturated/α-hetero) is 1. The van der Waals surface area contributed by atoms with Gasteiger partial charge in [-0.15, -0.1) is 0 Å². The molecule has 124 valence electrons. The molecule has 1 fully saturated rings. The highest BCUT2D eigenvalue weighted by atomic mass is 16.2. The van der Waals surface area contributed by atoms with Crippen molar-refractivity contribution in [2.45, 2.75) is 19.7 Å². The van der Waals surface area contributed by atoms with Crippen LogP contribution >= 0.6 is 0 Å². The van der Waals surface area contributed by atoms with Crippen molar-refractivity contribution >= 4 is 29.5 Å². The topological polar surface area (TPSA) is 83.6 Å². The van der Waals surface area contributed by atoms with E-state index >= 15 is 0 Å². The molecule has 2 aromatic carbocycles. The normalized spacial score (nSPS) is 18.5. The fourth-order valence-electron chi connectivity index (χ4n) is 3.45. The standard InChI is InChI=1S/C18H21BN2O3/c1-19(24)21-8-4-6-13(11-21)17(22)14-9-12-5-2-3-7-15(12)16(10-14)18(20)23/h2-3,5,7,9-10,13,24H,4,6,8,11H2,1H3,(H2,20,23). The zero-order valence-electron chi connectivity index (χ0n) is 13.7. The van der Waals surface area contributed by atoms with E-state index in [4.69, 9.17) is 5.73 Å². The summed E-state index contributed by atoms with van der Waals surface area (Å²) in [6.07, 6.45) is 1.67. The molecule has 2 aromatic rings. The van der Waals surface area contributed by atoms with Crippen LogP contribution in [0.25, 0.3) is 10.8 Å². The maximum Gasteiger partial charge on any atom is 0.376 e. The number of piperidine rings is 1. The molecule has 0 saturated carbocycles. The van der Waals surface area contributed by atoms with Crippen LogP contribution in [0.15, 0.2) is 36.4 Å². The molecule has 1 heterocycles.